The Morgan fingerprint density at radius 1 is 0.698 bits per heavy atom. The maximum atomic E-state index is 13.7. The highest BCUT2D eigenvalue weighted by Gasteiger charge is 2.31. The standard InChI is InChI=1S/C32H35N5O5S/c33-24(19-43)29(38)35-26(15-20-9-3-1-4-10-20)30(39)36-27(17-22-18-34-25-14-8-7-13-23(22)25)31(40)37-28(32(41)42)16-21-11-5-2-6-12-21/h1-14,18,24,26-28,34,43H,15-17,19,33H2,(H,35,38)(H,36,39)(H,37,40)(H,41,42). The van der Waals surface area contributed by atoms with Crippen molar-refractivity contribution in [3.05, 3.63) is 108 Å². The molecule has 11 heteroatoms. The van der Waals surface area contributed by atoms with Crippen molar-refractivity contribution in [3.63, 3.8) is 0 Å². The van der Waals surface area contributed by atoms with E-state index < -0.39 is 47.9 Å². The van der Waals surface area contributed by atoms with Crippen molar-refractivity contribution < 1.29 is 24.3 Å². The topological polar surface area (TPSA) is 166 Å². The Kier molecular flexibility index (Phi) is 11.0. The SMILES string of the molecule is NC(CS)C(=O)NC(Cc1ccccc1)C(=O)NC(Cc1c[nH]c2ccccc12)C(=O)NC(Cc1ccccc1)C(=O)O. The highest BCUT2D eigenvalue weighted by molar-refractivity contribution is 7.80. The van der Waals surface area contributed by atoms with Gasteiger partial charge in [0.1, 0.15) is 18.1 Å². The number of rotatable bonds is 14. The third-order valence-electron chi connectivity index (χ3n) is 7.08. The van der Waals surface area contributed by atoms with Gasteiger partial charge < -0.3 is 31.8 Å². The van der Waals surface area contributed by atoms with Crippen LogP contribution in [0, 0.1) is 0 Å². The lowest BCUT2D eigenvalue weighted by molar-refractivity contribution is -0.142. The first-order chi connectivity index (χ1) is 20.7. The zero-order valence-corrected chi connectivity index (χ0v) is 24.3. The number of carbonyl (C=O) groups is 4. The molecule has 3 amide bonds. The van der Waals surface area contributed by atoms with Gasteiger partial charge >= 0.3 is 5.97 Å². The lowest BCUT2D eigenvalue weighted by Gasteiger charge is -2.25. The van der Waals surface area contributed by atoms with Crippen molar-refractivity contribution in [1.82, 2.24) is 20.9 Å². The van der Waals surface area contributed by atoms with E-state index in [9.17, 15) is 24.3 Å². The Morgan fingerprint density at radius 2 is 1.19 bits per heavy atom. The number of H-pyrrole nitrogens is 1. The zero-order valence-electron chi connectivity index (χ0n) is 23.4. The number of hydrogen-bond acceptors (Lipinski definition) is 6. The molecule has 0 spiro atoms. The van der Waals surface area contributed by atoms with Gasteiger partial charge in [0.2, 0.25) is 17.7 Å². The van der Waals surface area contributed by atoms with E-state index in [1.807, 2.05) is 60.7 Å². The fraction of sp³-hybridized carbons (Fsp3) is 0.250. The monoisotopic (exact) mass is 601 g/mol. The highest BCUT2D eigenvalue weighted by Crippen LogP contribution is 2.19. The summed E-state index contributed by atoms with van der Waals surface area (Å²) in [5.41, 5.74) is 8.98. The molecular formula is C32H35N5O5S. The lowest BCUT2D eigenvalue weighted by Crippen LogP contribution is -2.58. The first-order valence-corrected chi connectivity index (χ1v) is 14.5. The first-order valence-electron chi connectivity index (χ1n) is 13.9. The smallest absolute Gasteiger partial charge is 0.326 e. The predicted octanol–water partition coefficient (Wildman–Crippen LogP) is 1.99. The molecule has 4 aromatic rings. The second-order valence-corrected chi connectivity index (χ2v) is 10.6. The molecule has 43 heavy (non-hydrogen) atoms. The van der Waals surface area contributed by atoms with Crippen LogP contribution in [0.1, 0.15) is 16.7 Å². The Labute approximate surface area is 254 Å². The highest BCUT2D eigenvalue weighted by atomic mass is 32.1. The van der Waals surface area contributed by atoms with Crippen molar-refractivity contribution >= 4 is 47.2 Å². The van der Waals surface area contributed by atoms with Gasteiger partial charge in [-0.25, -0.2) is 4.79 Å². The summed E-state index contributed by atoms with van der Waals surface area (Å²) in [6.07, 6.45) is 2.03. The minimum atomic E-state index is -1.23. The Hall–Kier alpha value is -4.61. The van der Waals surface area contributed by atoms with E-state index in [0.29, 0.717) is 0 Å². The van der Waals surface area contributed by atoms with E-state index in [2.05, 4.69) is 33.6 Å². The molecule has 10 nitrogen and oxygen atoms in total. The molecule has 7 N–H and O–H groups in total. The molecule has 0 fully saturated rings. The normalized spacial score (nSPS) is 13.8. The summed E-state index contributed by atoms with van der Waals surface area (Å²) in [7, 11) is 0. The molecule has 0 bridgehead atoms. The van der Waals surface area contributed by atoms with Crippen molar-refractivity contribution in [2.75, 3.05) is 5.75 Å². The van der Waals surface area contributed by atoms with Crippen LogP contribution in [0.4, 0.5) is 0 Å². The van der Waals surface area contributed by atoms with E-state index in [1.54, 1.807) is 30.5 Å². The van der Waals surface area contributed by atoms with Crippen LogP contribution in [0.15, 0.2) is 91.1 Å². The number of aromatic amines is 1. The van der Waals surface area contributed by atoms with Crippen LogP contribution in [0.25, 0.3) is 10.9 Å². The Bertz CT molecular complexity index is 1550. The number of aromatic nitrogens is 1. The number of nitrogens with two attached hydrogens (primary N) is 1. The number of thiol groups is 1. The molecule has 0 radical (unpaired) electrons. The maximum absolute atomic E-state index is 13.7. The van der Waals surface area contributed by atoms with Crippen LogP contribution >= 0.6 is 12.6 Å². The fourth-order valence-corrected chi connectivity index (χ4v) is 4.91. The van der Waals surface area contributed by atoms with Gasteiger partial charge in [0.05, 0.1) is 6.04 Å². The summed E-state index contributed by atoms with van der Waals surface area (Å²) in [6, 6.07) is 21.2. The van der Waals surface area contributed by atoms with Gasteiger partial charge in [-0.15, -0.1) is 0 Å². The molecule has 4 rings (SSSR count). The molecule has 4 atom stereocenters. The van der Waals surface area contributed by atoms with Crippen molar-refractivity contribution in [2.24, 2.45) is 5.73 Å². The number of carboxylic acids is 1. The number of nitrogens with one attached hydrogen (secondary N) is 4. The second-order valence-electron chi connectivity index (χ2n) is 10.3. The van der Waals surface area contributed by atoms with E-state index in [0.717, 1.165) is 27.6 Å². The number of benzene rings is 3. The molecule has 3 aromatic carbocycles. The average molecular weight is 602 g/mol. The Morgan fingerprint density at radius 3 is 1.77 bits per heavy atom. The quantitative estimate of drug-likeness (QED) is 0.109. The van der Waals surface area contributed by atoms with Crippen LogP contribution in [0.3, 0.4) is 0 Å². The zero-order chi connectivity index (χ0) is 30.8. The summed E-state index contributed by atoms with van der Waals surface area (Å²) in [5.74, 6) is -2.96. The summed E-state index contributed by atoms with van der Waals surface area (Å²) in [5, 5.41) is 18.8. The summed E-state index contributed by atoms with van der Waals surface area (Å²) >= 11 is 4.08. The van der Waals surface area contributed by atoms with Gasteiger partial charge in [-0.2, -0.15) is 12.6 Å². The minimum absolute atomic E-state index is 0.0595. The number of hydrogen-bond donors (Lipinski definition) is 7. The second kappa shape index (κ2) is 15.0. The molecule has 4 unspecified atom stereocenters. The van der Waals surface area contributed by atoms with Gasteiger partial charge in [0.25, 0.3) is 0 Å². The number of fused-ring (bicyclic) bond motifs is 1. The molecule has 0 aliphatic rings. The number of carbonyl (C=O) groups excluding carboxylic acids is 3. The van der Waals surface area contributed by atoms with Crippen LogP contribution in [-0.4, -0.2) is 63.7 Å². The number of carboxylic acid groups (broad SMARTS) is 1. The molecule has 0 saturated heterocycles. The first kappa shape index (κ1) is 31.3. The summed E-state index contributed by atoms with van der Waals surface area (Å²) < 4.78 is 0. The van der Waals surface area contributed by atoms with Gasteiger partial charge in [-0.1, -0.05) is 78.9 Å². The summed E-state index contributed by atoms with van der Waals surface area (Å²) in [6.45, 7) is 0. The number of aliphatic carboxylic acids is 1. The Balaban J connectivity index is 1.60. The maximum Gasteiger partial charge on any atom is 0.326 e. The predicted molar refractivity (Wildman–Crippen MR) is 168 cm³/mol. The van der Waals surface area contributed by atoms with Crippen LogP contribution < -0.4 is 21.7 Å². The van der Waals surface area contributed by atoms with Gasteiger partial charge in [-0.05, 0) is 22.8 Å². The van der Waals surface area contributed by atoms with E-state index in [4.69, 9.17) is 5.73 Å². The van der Waals surface area contributed by atoms with Crippen LogP contribution in [0.5, 0.6) is 0 Å². The molecule has 0 aliphatic heterocycles. The summed E-state index contributed by atoms with van der Waals surface area (Å²) in [4.78, 5) is 55.4. The molecule has 1 heterocycles. The van der Waals surface area contributed by atoms with Crippen molar-refractivity contribution in [3.8, 4) is 0 Å². The third-order valence-corrected chi connectivity index (χ3v) is 7.47. The largest absolute Gasteiger partial charge is 0.480 e. The van der Waals surface area contributed by atoms with E-state index >= 15 is 0 Å². The van der Waals surface area contributed by atoms with Crippen LogP contribution in [-0.2, 0) is 38.4 Å². The molecule has 1 aromatic heterocycles. The van der Waals surface area contributed by atoms with Gasteiger partial charge in [-0.3, -0.25) is 14.4 Å². The molecule has 224 valence electrons. The minimum Gasteiger partial charge on any atom is -0.480 e. The molecule has 0 aliphatic carbocycles. The van der Waals surface area contributed by atoms with Crippen molar-refractivity contribution in [1.29, 1.82) is 0 Å². The van der Waals surface area contributed by atoms with Crippen LogP contribution in [0.2, 0.25) is 0 Å². The fourth-order valence-electron chi connectivity index (χ4n) is 4.74. The van der Waals surface area contributed by atoms with Gasteiger partial charge in [0.15, 0.2) is 0 Å². The molecular weight excluding hydrogens is 566 g/mol. The lowest BCUT2D eigenvalue weighted by atomic mass is 10.0. The number of amides is 3. The van der Waals surface area contributed by atoms with E-state index in [1.165, 1.54) is 0 Å². The van der Waals surface area contributed by atoms with Gasteiger partial charge in [0, 0.05) is 42.1 Å². The number of para-hydroxylation sites is 1. The van der Waals surface area contributed by atoms with E-state index in [-0.39, 0.29) is 25.0 Å². The average Bonchev–Trinajstić information content (AvgIpc) is 3.43. The molecule has 0 saturated carbocycles. The van der Waals surface area contributed by atoms with Crippen molar-refractivity contribution in [2.45, 2.75) is 43.4 Å². The third kappa shape index (κ3) is 8.69.